The van der Waals surface area contributed by atoms with Crippen LogP contribution in [0.5, 0.6) is 11.5 Å². The summed E-state index contributed by atoms with van der Waals surface area (Å²) < 4.78 is 10.6. The summed E-state index contributed by atoms with van der Waals surface area (Å²) in [7, 11) is 1.51. The first kappa shape index (κ1) is 13.9. The van der Waals surface area contributed by atoms with Crippen molar-refractivity contribution in [1.29, 1.82) is 0 Å². The van der Waals surface area contributed by atoms with Crippen LogP contribution in [-0.4, -0.2) is 35.4 Å². The van der Waals surface area contributed by atoms with Crippen molar-refractivity contribution < 1.29 is 14.4 Å². The molecule has 2 heterocycles. The fourth-order valence-electron chi connectivity index (χ4n) is 2.64. The normalized spacial score (nSPS) is 22.2. The molecule has 1 aromatic carbocycles. The van der Waals surface area contributed by atoms with E-state index in [1.165, 1.54) is 7.11 Å². The highest BCUT2D eigenvalue weighted by Crippen LogP contribution is 2.33. The van der Waals surface area contributed by atoms with Gasteiger partial charge in [-0.05, 0) is 44.5 Å². The Morgan fingerprint density at radius 2 is 2.29 bits per heavy atom. The molecule has 3 rings (SSSR count). The Morgan fingerprint density at radius 1 is 1.43 bits per heavy atom. The second-order valence-electron chi connectivity index (χ2n) is 5.65. The third kappa shape index (κ3) is 2.58. The van der Waals surface area contributed by atoms with Crippen molar-refractivity contribution in [2.75, 3.05) is 20.2 Å². The fraction of sp³-hybridized carbons (Fsp3) is 0.467. The summed E-state index contributed by atoms with van der Waals surface area (Å²) in [4.78, 5) is 4.53. The van der Waals surface area contributed by atoms with Crippen molar-refractivity contribution in [2.45, 2.75) is 25.2 Å². The summed E-state index contributed by atoms with van der Waals surface area (Å²) in [6, 6.07) is 5.01. The number of benzene rings is 1. The minimum atomic E-state index is -0.121. The van der Waals surface area contributed by atoms with Gasteiger partial charge in [-0.3, -0.25) is 0 Å². The SMILES string of the molecule is COc1cc(-c2noc(C3(C)CCCNC3)n2)ccc1O. The van der Waals surface area contributed by atoms with E-state index in [1.807, 2.05) is 0 Å². The molecule has 0 amide bonds. The number of phenolic OH excluding ortho intramolecular Hbond substituents is 1. The number of rotatable bonds is 3. The maximum atomic E-state index is 9.63. The number of piperidine rings is 1. The molecule has 0 saturated carbocycles. The Morgan fingerprint density at radius 3 is 3.00 bits per heavy atom. The monoisotopic (exact) mass is 289 g/mol. The largest absolute Gasteiger partial charge is 0.504 e. The lowest BCUT2D eigenvalue weighted by atomic mass is 9.83. The van der Waals surface area contributed by atoms with E-state index in [2.05, 4.69) is 22.4 Å². The number of phenols is 1. The summed E-state index contributed by atoms with van der Waals surface area (Å²) in [5.74, 6) is 1.64. The first-order valence-electron chi connectivity index (χ1n) is 7.05. The maximum Gasteiger partial charge on any atom is 0.234 e. The number of nitrogens with one attached hydrogen (secondary N) is 1. The number of hydrogen-bond acceptors (Lipinski definition) is 6. The first-order valence-corrected chi connectivity index (χ1v) is 7.05. The molecule has 1 atom stereocenters. The Labute approximate surface area is 123 Å². The topological polar surface area (TPSA) is 80.4 Å². The molecule has 6 heteroatoms. The second kappa shape index (κ2) is 5.37. The highest BCUT2D eigenvalue weighted by atomic mass is 16.5. The van der Waals surface area contributed by atoms with E-state index in [0.717, 1.165) is 31.5 Å². The van der Waals surface area contributed by atoms with Crippen molar-refractivity contribution >= 4 is 0 Å². The Hall–Kier alpha value is -2.08. The molecular formula is C15H19N3O3. The van der Waals surface area contributed by atoms with Gasteiger partial charge in [0.25, 0.3) is 0 Å². The first-order chi connectivity index (χ1) is 10.1. The third-order valence-corrected chi connectivity index (χ3v) is 3.98. The van der Waals surface area contributed by atoms with Crippen LogP contribution in [0.15, 0.2) is 22.7 Å². The molecule has 112 valence electrons. The molecule has 1 saturated heterocycles. The Bertz CT molecular complexity index is 633. The van der Waals surface area contributed by atoms with Gasteiger partial charge in [0.1, 0.15) is 0 Å². The molecule has 6 nitrogen and oxygen atoms in total. The molecule has 1 aliphatic heterocycles. The van der Waals surface area contributed by atoms with Crippen molar-refractivity contribution in [2.24, 2.45) is 0 Å². The molecule has 0 bridgehead atoms. The molecule has 0 radical (unpaired) electrons. The van der Waals surface area contributed by atoms with E-state index in [4.69, 9.17) is 9.26 Å². The lowest BCUT2D eigenvalue weighted by Gasteiger charge is -2.30. The number of methoxy groups -OCH3 is 1. The quantitative estimate of drug-likeness (QED) is 0.900. The van der Waals surface area contributed by atoms with Gasteiger partial charge in [0, 0.05) is 12.1 Å². The van der Waals surface area contributed by atoms with E-state index in [0.29, 0.717) is 17.5 Å². The van der Waals surface area contributed by atoms with Gasteiger partial charge >= 0.3 is 0 Å². The average Bonchev–Trinajstić information content (AvgIpc) is 2.99. The predicted molar refractivity (Wildman–Crippen MR) is 77.4 cm³/mol. The van der Waals surface area contributed by atoms with E-state index in [9.17, 15) is 5.11 Å². The molecule has 0 spiro atoms. The molecule has 1 aliphatic rings. The zero-order valence-corrected chi connectivity index (χ0v) is 12.2. The molecule has 1 fully saturated rings. The Kier molecular flexibility index (Phi) is 3.55. The van der Waals surface area contributed by atoms with Crippen molar-refractivity contribution in [3.8, 4) is 22.9 Å². The molecule has 2 N–H and O–H groups in total. The van der Waals surface area contributed by atoms with Crippen LogP contribution >= 0.6 is 0 Å². The van der Waals surface area contributed by atoms with Gasteiger partial charge in [-0.2, -0.15) is 4.98 Å². The molecule has 1 unspecified atom stereocenters. The highest BCUT2D eigenvalue weighted by molar-refractivity contribution is 5.60. The molecule has 2 aromatic rings. The highest BCUT2D eigenvalue weighted by Gasteiger charge is 2.34. The number of aromatic nitrogens is 2. The number of aromatic hydroxyl groups is 1. The minimum absolute atomic E-state index is 0.0911. The summed E-state index contributed by atoms with van der Waals surface area (Å²) in [6.45, 7) is 4.01. The average molecular weight is 289 g/mol. The van der Waals surface area contributed by atoms with Gasteiger partial charge in [-0.25, -0.2) is 0 Å². The van der Waals surface area contributed by atoms with E-state index < -0.39 is 0 Å². The van der Waals surface area contributed by atoms with Crippen LogP contribution in [0.4, 0.5) is 0 Å². The summed E-state index contributed by atoms with van der Waals surface area (Å²) >= 11 is 0. The number of hydrogen-bond donors (Lipinski definition) is 2. The summed E-state index contributed by atoms with van der Waals surface area (Å²) in [6.07, 6.45) is 2.13. The molecule has 21 heavy (non-hydrogen) atoms. The third-order valence-electron chi connectivity index (χ3n) is 3.98. The van der Waals surface area contributed by atoms with Crippen molar-refractivity contribution in [3.63, 3.8) is 0 Å². The Balaban J connectivity index is 1.91. The number of ether oxygens (including phenoxy) is 1. The predicted octanol–water partition coefficient (Wildman–Crippen LogP) is 2.09. The lowest BCUT2D eigenvalue weighted by Crippen LogP contribution is -2.41. The van der Waals surface area contributed by atoms with Gasteiger partial charge in [0.05, 0.1) is 12.5 Å². The minimum Gasteiger partial charge on any atom is -0.504 e. The van der Waals surface area contributed by atoms with Crippen LogP contribution < -0.4 is 10.1 Å². The van der Waals surface area contributed by atoms with Crippen LogP contribution in [0.2, 0.25) is 0 Å². The smallest absolute Gasteiger partial charge is 0.234 e. The van der Waals surface area contributed by atoms with E-state index in [1.54, 1.807) is 18.2 Å². The molecule has 0 aliphatic carbocycles. The van der Waals surface area contributed by atoms with Crippen LogP contribution in [0, 0.1) is 0 Å². The van der Waals surface area contributed by atoms with E-state index in [-0.39, 0.29) is 11.2 Å². The summed E-state index contributed by atoms with van der Waals surface area (Å²) in [5, 5.41) is 17.1. The standard InChI is InChI=1S/C15H19N3O3/c1-15(6-3-7-16-9-15)14-17-13(18-21-14)10-4-5-11(19)12(8-10)20-2/h4-5,8,16,19H,3,6-7,9H2,1-2H3. The zero-order valence-electron chi connectivity index (χ0n) is 12.2. The van der Waals surface area contributed by atoms with Gasteiger partial charge < -0.3 is 19.7 Å². The van der Waals surface area contributed by atoms with Gasteiger partial charge in [-0.1, -0.05) is 5.16 Å². The number of nitrogens with zero attached hydrogens (tertiary/aromatic N) is 2. The van der Waals surface area contributed by atoms with Crippen molar-refractivity contribution in [1.82, 2.24) is 15.5 Å². The van der Waals surface area contributed by atoms with Crippen molar-refractivity contribution in [3.05, 3.63) is 24.1 Å². The summed E-state index contributed by atoms with van der Waals surface area (Å²) in [5.41, 5.74) is 0.636. The van der Waals surface area contributed by atoms with Gasteiger partial charge in [0.2, 0.25) is 11.7 Å². The second-order valence-corrected chi connectivity index (χ2v) is 5.65. The van der Waals surface area contributed by atoms with Gasteiger partial charge in [-0.15, -0.1) is 0 Å². The maximum absolute atomic E-state index is 9.63. The van der Waals surface area contributed by atoms with Crippen LogP contribution in [0.3, 0.4) is 0 Å². The molecular weight excluding hydrogens is 270 g/mol. The molecule has 1 aromatic heterocycles. The van der Waals surface area contributed by atoms with Crippen LogP contribution in [0.1, 0.15) is 25.7 Å². The zero-order chi connectivity index (χ0) is 14.9. The fourth-order valence-corrected chi connectivity index (χ4v) is 2.64. The van der Waals surface area contributed by atoms with Crippen LogP contribution in [-0.2, 0) is 5.41 Å². The van der Waals surface area contributed by atoms with Crippen LogP contribution in [0.25, 0.3) is 11.4 Å². The lowest BCUT2D eigenvalue weighted by molar-refractivity contribution is 0.245. The van der Waals surface area contributed by atoms with Gasteiger partial charge in [0.15, 0.2) is 11.5 Å². The van der Waals surface area contributed by atoms with E-state index >= 15 is 0 Å².